The van der Waals surface area contributed by atoms with Crippen LogP contribution in [0.2, 0.25) is 0 Å². The van der Waals surface area contributed by atoms with E-state index in [0.29, 0.717) is 17.6 Å². The van der Waals surface area contributed by atoms with Crippen LogP contribution in [-0.2, 0) is 4.74 Å². The summed E-state index contributed by atoms with van der Waals surface area (Å²) in [6, 6.07) is 0.521. The number of rotatable bonds is 5. The molecule has 1 atom stereocenters. The molecule has 1 aliphatic rings. The monoisotopic (exact) mass is 199 g/mol. The molecule has 1 aliphatic carbocycles. The molecule has 1 saturated carbocycles. The highest BCUT2D eigenvalue weighted by atomic mass is 16.5. The normalized spacial score (nSPS) is 22.9. The lowest BCUT2D eigenvalue weighted by molar-refractivity contribution is 0.0312. The summed E-state index contributed by atoms with van der Waals surface area (Å²) in [6.07, 6.45) is 5.81. The maximum atomic E-state index is 5.71. The van der Waals surface area contributed by atoms with Crippen molar-refractivity contribution in [2.75, 3.05) is 13.7 Å². The van der Waals surface area contributed by atoms with E-state index in [-0.39, 0.29) is 0 Å². The third-order valence-electron chi connectivity index (χ3n) is 3.53. The van der Waals surface area contributed by atoms with E-state index >= 15 is 0 Å². The summed E-state index contributed by atoms with van der Waals surface area (Å²) in [7, 11) is 2.05. The fraction of sp³-hybridized carbons (Fsp3) is 1.00. The molecule has 1 unspecified atom stereocenters. The minimum Gasteiger partial charge on any atom is -0.377 e. The Kier molecular flexibility index (Phi) is 4.39. The van der Waals surface area contributed by atoms with Crippen LogP contribution >= 0.6 is 0 Å². The summed E-state index contributed by atoms with van der Waals surface area (Å²) in [4.78, 5) is 0. The quantitative estimate of drug-likeness (QED) is 0.735. The van der Waals surface area contributed by atoms with Crippen LogP contribution in [0.25, 0.3) is 0 Å². The SMILES string of the molecule is CNC(COC(C)C)C1(C)CCCC1. The second kappa shape index (κ2) is 5.13. The van der Waals surface area contributed by atoms with Gasteiger partial charge in [-0.3, -0.25) is 0 Å². The van der Waals surface area contributed by atoms with Gasteiger partial charge in [0.2, 0.25) is 0 Å². The van der Waals surface area contributed by atoms with Crippen LogP contribution in [0.1, 0.15) is 46.5 Å². The van der Waals surface area contributed by atoms with Crippen molar-refractivity contribution in [3.05, 3.63) is 0 Å². The first-order valence-electron chi connectivity index (χ1n) is 5.87. The van der Waals surface area contributed by atoms with Crippen molar-refractivity contribution in [2.45, 2.75) is 58.6 Å². The van der Waals surface area contributed by atoms with E-state index in [2.05, 4.69) is 33.1 Å². The van der Waals surface area contributed by atoms with E-state index in [9.17, 15) is 0 Å². The van der Waals surface area contributed by atoms with E-state index in [1.165, 1.54) is 25.7 Å². The van der Waals surface area contributed by atoms with Crippen LogP contribution in [0, 0.1) is 5.41 Å². The maximum Gasteiger partial charge on any atom is 0.0628 e. The van der Waals surface area contributed by atoms with Crippen LogP contribution in [0.4, 0.5) is 0 Å². The highest BCUT2D eigenvalue weighted by molar-refractivity contribution is 4.90. The zero-order valence-corrected chi connectivity index (χ0v) is 10.1. The topological polar surface area (TPSA) is 21.3 Å². The lowest BCUT2D eigenvalue weighted by Crippen LogP contribution is -2.44. The Morgan fingerprint density at radius 2 is 1.86 bits per heavy atom. The molecular weight excluding hydrogens is 174 g/mol. The summed E-state index contributed by atoms with van der Waals surface area (Å²) < 4.78 is 5.71. The molecule has 0 amide bonds. The fourth-order valence-corrected chi connectivity index (χ4v) is 2.45. The molecule has 0 aromatic heterocycles. The summed E-state index contributed by atoms with van der Waals surface area (Å²) in [5.74, 6) is 0. The van der Waals surface area contributed by atoms with Gasteiger partial charge < -0.3 is 10.1 Å². The van der Waals surface area contributed by atoms with Gasteiger partial charge in [0.25, 0.3) is 0 Å². The van der Waals surface area contributed by atoms with Crippen molar-refractivity contribution < 1.29 is 4.74 Å². The molecule has 0 aromatic carbocycles. The molecule has 0 saturated heterocycles. The summed E-state index contributed by atoms with van der Waals surface area (Å²) >= 11 is 0. The molecule has 2 heteroatoms. The minimum atomic E-state index is 0.343. The number of hydrogen-bond acceptors (Lipinski definition) is 2. The molecular formula is C12H25NO. The molecule has 0 aromatic rings. The molecule has 1 fully saturated rings. The average molecular weight is 199 g/mol. The summed E-state index contributed by atoms with van der Waals surface area (Å²) in [6.45, 7) is 7.45. The summed E-state index contributed by atoms with van der Waals surface area (Å²) in [5, 5.41) is 3.41. The van der Waals surface area contributed by atoms with Crippen LogP contribution in [0.3, 0.4) is 0 Å². The predicted molar refractivity (Wildman–Crippen MR) is 60.5 cm³/mol. The van der Waals surface area contributed by atoms with Crippen LogP contribution in [-0.4, -0.2) is 25.8 Å². The van der Waals surface area contributed by atoms with E-state index in [0.717, 1.165) is 6.61 Å². The molecule has 84 valence electrons. The fourth-order valence-electron chi connectivity index (χ4n) is 2.45. The van der Waals surface area contributed by atoms with Crippen LogP contribution in [0.15, 0.2) is 0 Å². The summed E-state index contributed by atoms with van der Waals surface area (Å²) in [5.41, 5.74) is 0.462. The third kappa shape index (κ3) is 2.96. The van der Waals surface area contributed by atoms with E-state index in [4.69, 9.17) is 4.74 Å². The number of hydrogen-bond donors (Lipinski definition) is 1. The van der Waals surface area contributed by atoms with Gasteiger partial charge in [-0.15, -0.1) is 0 Å². The Hall–Kier alpha value is -0.0800. The zero-order valence-electron chi connectivity index (χ0n) is 10.1. The maximum absolute atomic E-state index is 5.71. The van der Waals surface area contributed by atoms with Gasteiger partial charge in [0, 0.05) is 6.04 Å². The Bertz CT molecular complexity index is 162. The highest BCUT2D eigenvalue weighted by Gasteiger charge is 2.36. The largest absolute Gasteiger partial charge is 0.377 e. The van der Waals surface area contributed by atoms with Crippen LogP contribution < -0.4 is 5.32 Å². The minimum absolute atomic E-state index is 0.343. The first-order valence-corrected chi connectivity index (χ1v) is 5.87. The standard InChI is InChI=1S/C12H25NO/c1-10(2)14-9-11(13-4)12(3)7-5-6-8-12/h10-11,13H,5-9H2,1-4H3. The van der Waals surface area contributed by atoms with Gasteiger partial charge >= 0.3 is 0 Å². The molecule has 0 heterocycles. The van der Waals surface area contributed by atoms with Crippen molar-refractivity contribution in [3.63, 3.8) is 0 Å². The Labute approximate surface area is 88.4 Å². The number of likely N-dealkylation sites (N-methyl/N-ethyl adjacent to an activating group) is 1. The number of ether oxygens (including phenoxy) is 1. The van der Waals surface area contributed by atoms with Crippen molar-refractivity contribution in [1.29, 1.82) is 0 Å². The van der Waals surface area contributed by atoms with Crippen LogP contribution in [0.5, 0.6) is 0 Å². The Balaban J connectivity index is 2.43. The molecule has 0 bridgehead atoms. The lowest BCUT2D eigenvalue weighted by atomic mass is 9.81. The molecule has 0 radical (unpaired) electrons. The van der Waals surface area contributed by atoms with Crippen molar-refractivity contribution >= 4 is 0 Å². The molecule has 1 rings (SSSR count). The molecule has 0 aliphatic heterocycles. The average Bonchev–Trinajstić information content (AvgIpc) is 2.53. The van der Waals surface area contributed by atoms with Gasteiger partial charge in [0.1, 0.15) is 0 Å². The van der Waals surface area contributed by atoms with Crippen molar-refractivity contribution in [1.82, 2.24) is 5.32 Å². The predicted octanol–water partition coefficient (Wildman–Crippen LogP) is 2.58. The van der Waals surface area contributed by atoms with Gasteiger partial charge in [-0.05, 0) is 39.2 Å². The van der Waals surface area contributed by atoms with Gasteiger partial charge in [0.05, 0.1) is 12.7 Å². The van der Waals surface area contributed by atoms with E-state index in [1.54, 1.807) is 0 Å². The Morgan fingerprint density at radius 3 is 2.29 bits per heavy atom. The van der Waals surface area contributed by atoms with E-state index in [1.807, 2.05) is 0 Å². The zero-order chi connectivity index (χ0) is 10.6. The van der Waals surface area contributed by atoms with Crippen molar-refractivity contribution in [3.8, 4) is 0 Å². The Morgan fingerprint density at radius 1 is 1.29 bits per heavy atom. The molecule has 14 heavy (non-hydrogen) atoms. The van der Waals surface area contributed by atoms with Crippen molar-refractivity contribution in [2.24, 2.45) is 5.41 Å². The third-order valence-corrected chi connectivity index (χ3v) is 3.53. The molecule has 0 spiro atoms. The molecule has 2 nitrogen and oxygen atoms in total. The number of nitrogens with one attached hydrogen (secondary N) is 1. The molecule has 1 N–H and O–H groups in total. The highest BCUT2D eigenvalue weighted by Crippen LogP contribution is 2.40. The second-order valence-electron chi connectivity index (χ2n) is 5.08. The van der Waals surface area contributed by atoms with E-state index < -0.39 is 0 Å². The van der Waals surface area contributed by atoms with Gasteiger partial charge in [-0.25, -0.2) is 0 Å². The van der Waals surface area contributed by atoms with Gasteiger partial charge in [-0.1, -0.05) is 19.8 Å². The lowest BCUT2D eigenvalue weighted by Gasteiger charge is -2.34. The van der Waals surface area contributed by atoms with Gasteiger partial charge in [0.15, 0.2) is 0 Å². The second-order valence-corrected chi connectivity index (χ2v) is 5.08. The first kappa shape index (κ1) is 12.0. The smallest absolute Gasteiger partial charge is 0.0628 e. The van der Waals surface area contributed by atoms with Gasteiger partial charge in [-0.2, -0.15) is 0 Å². The first-order chi connectivity index (χ1) is 6.58.